The quantitative estimate of drug-likeness (QED) is 0.530. The molecule has 0 spiro atoms. The van der Waals surface area contributed by atoms with Crippen molar-refractivity contribution in [2.45, 2.75) is 13.8 Å². The summed E-state index contributed by atoms with van der Waals surface area (Å²) in [4.78, 5) is 0. The Morgan fingerprint density at radius 2 is 1.83 bits per heavy atom. The first-order valence-electron chi connectivity index (χ1n) is 3.93. The number of aryl methyl sites for hydroxylation is 2. The number of rotatable bonds is 0. The molecule has 0 saturated carbocycles. The average molecular weight is 156 g/mol. The highest BCUT2D eigenvalue weighted by molar-refractivity contribution is 6.31. The fourth-order valence-corrected chi connectivity index (χ4v) is 1.41. The first kappa shape index (κ1) is 7.47. The summed E-state index contributed by atoms with van der Waals surface area (Å²) in [5.41, 5.74) is 3.73. The van der Waals surface area contributed by atoms with Gasteiger partial charge in [-0.25, -0.2) is 0 Å². The lowest BCUT2D eigenvalue weighted by Crippen LogP contribution is -1.92. The van der Waals surface area contributed by atoms with E-state index in [4.69, 9.17) is 12.3 Å². The van der Waals surface area contributed by atoms with Crippen LogP contribution in [0.25, 0.3) is 11.0 Å². The molecule has 2 aromatic rings. The van der Waals surface area contributed by atoms with Crippen molar-refractivity contribution in [2.75, 3.05) is 0 Å². The van der Waals surface area contributed by atoms with Crippen LogP contribution < -0.4 is 5.66 Å². The molecule has 1 nitrogen and oxygen atoms in total. The van der Waals surface area contributed by atoms with Gasteiger partial charge in [0.15, 0.2) is 7.85 Å². The van der Waals surface area contributed by atoms with E-state index in [0.717, 1.165) is 16.5 Å². The highest BCUT2D eigenvalue weighted by atomic mass is 16.3. The van der Waals surface area contributed by atoms with Crippen molar-refractivity contribution in [1.29, 1.82) is 0 Å². The zero-order valence-corrected chi connectivity index (χ0v) is 7.22. The lowest BCUT2D eigenvalue weighted by atomic mass is 10.0. The van der Waals surface area contributed by atoms with Crippen molar-refractivity contribution in [1.82, 2.24) is 0 Å². The Kier molecular flexibility index (Phi) is 1.50. The summed E-state index contributed by atoms with van der Waals surface area (Å²) in [5, 5.41) is 1.12. The minimum Gasteiger partial charge on any atom is -0.473 e. The van der Waals surface area contributed by atoms with E-state index in [1.165, 1.54) is 5.56 Å². The van der Waals surface area contributed by atoms with E-state index in [2.05, 4.69) is 13.0 Å². The van der Waals surface area contributed by atoms with Gasteiger partial charge in [-0.3, -0.25) is 0 Å². The van der Waals surface area contributed by atoms with Crippen molar-refractivity contribution in [3.8, 4) is 0 Å². The maximum atomic E-state index is 5.56. The van der Waals surface area contributed by atoms with Crippen LogP contribution in [0.5, 0.6) is 0 Å². The lowest BCUT2D eigenvalue weighted by Gasteiger charge is -1.96. The van der Waals surface area contributed by atoms with Gasteiger partial charge in [-0.2, -0.15) is 0 Å². The smallest absolute Gasteiger partial charge is 0.167 e. The van der Waals surface area contributed by atoms with E-state index in [9.17, 15) is 0 Å². The third-order valence-corrected chi connectivity index (χ3v) is 2.12. The fraction of sp³-hybridized carbons (Fsp3) is 0.200. The van der Waals surface area contributed by atoms with Gasteiger partial charge in [-0.1, -0.05) is 12.1 Å². The SMILES string of the molecule is [B]c1cc2c(C)ccc(C)c2o1. The molecule has 0 amide bonds. The minimum atomic E-state index is 0.488. The van der Waals surface area contributed by atoms with E-state index < -0.39 is 0 Å². The predicted octanol–water partition coefficient (Wildman–Crippen LogP) is 1.84. The van der Waals surface area contributed by atoms with Crippen molar-refractivity contribution in [3.05, 3.63) is 29.3 Å². The Morgan fingerprint density at radius 3 is 2.50 bits per heavy atom. The van der Waals surface area contributed by atoms with Gasteiger partial charge in [0, 0.05) is 11.0 Å². The molecule has 1 aromatic heterocycles. The topological polar surface area (TPSA) is 13.1 Å². The molecule has 58 valence electrons. The molecule has 1 aromatic carbocycles. The van der Waals surface area contributed by atoms with E-state index >= 15 is 0 Å². The third-order valence-electron chi connectivity index (χ3n) is 2.12. The molecule has 12 heavy (non-hydrogen) atoms. The van der Waals surface area contributed by atoms with Crippen LogP contribution >= 0.6 is 0 Å². The Morgan fingerprint density at radius 1 is 1.17 bits per heavy atom. The molecule has 2 radical (unpaired) electrons. The van der Waals surface area contributed by atoms with Gasteiger partial charge in [0.2, 0.25) is 0 Å². The second kappa shape index (κ2) is 2.41. The molecule has 0 saturated heterocycles. The molecule has 0 aliphatic rings. The van der Waals surface area contributed by atoms with Crippen LogP contribution in [0, 0.1) is 13.8 Å². The van der Waals surface area contributed by atoms with E-state index in [0.29, 0.717) is 5.66 Å². The van der Waals surface area contributed by atoms with E-state index in [1.807, 2.05) is 19.1 Å². The first-order valence-corrected chi connectivity index (χ1v) is 3.93. The zero-order chi connectivity index (χ0) is 8.72. The normalized spacial score (nSPS) is 10.8. The summed E-state index contributed by atoms with van der Waals surface area (Å²) in [6.45, 7) is 4.07. The number of furan rings is 1. The van der Waals surface area contributed by atoms with Gasteiger partial charge in [0.05, 0.1) is 0 Å². The molecule has 0 fully saturated rings. The van der Waals surface area contributed by atoms with Gasteiger partial charge in [-0.05, 0) is 31.0 Å². The standard InChI is InChI=1S/C10H9BO/c1-6-3-4-7(2)10-8(6)5-9(11)12-10/h3-5H,1-2H3. The highest BCUT2D eigenvalue weighted by Gasteiger charge is 2.04. The van der Waals surface area contributed by atoms with Crippen LogP contribution in [0.15, 0.2) is 22.6 Å². The van der Waals surface area contributed by atoms with Crippen LogP contribution in [0.1, 0.15) is 11.1 Å². The molecule has 2 rings (SSSR count). The molecule has 0 aliphatic carbocycles. The monoisotopic (exact) mass is 156 g/mol. The average Bonchev–Trinajstić information content (AvgIpc) is 2.41. The van der Waals surface area contributed by atoms with Gasteiger partial charge in [0.25, 0.3) is 0 Å². The summed E-state index contributed by atoms with van der Waals surface area (Å²) in [6, 6.07) is 5.99. The van der Waals surface area contributed by atoms with Gasteiger partial charge < -0.3 is 4.42 Å². The predicted molar refractivity (Wildman–Crippen MR) is 51.1 cm³/mol. The van der Waals surface area contributed by atoms with Gasteiger partial charge in [-0.15, -0.1) is 0 Å². The largest absolute Gasteiger partial charge is 0.473 e. The molecule has 0 aliphatic heterocycles. The molecular weight excluding hydrogens is 147 g/mol. The molecule has 0 bridgehead atoms. The summed E-state index contributed by atoms with van der Waals surface area (Å²) in [7, 11) is 5.56. The molecule has 1 heterocycles. The molecule has 2 heteroatoms. The maximum absolute atomic E-state index is 5.56. The summed E-state index contributed by atoms with van der Waals surface area (Å²) < 4.78 is 5.36. The Hall–Kier alpha value is -1.18. The first-order chi connectivity index (χ1) is 5.68. The number of fused-ring (bicyclic) bond motifs is 1. The van der Waals surface area contributed by atoms with Crippen LogP contribution in [-0.2, 0) is 0 Å². The van der Waals surface area contributed by atoms with Crippen LogP contribution in [0.4, 0.5) is 0 Å². The van der Waals surface area contributed by atoms with Crippen molar-refractivity contribution < 1.29 is 4.42 Å². The van der Waals surface area contributed by atoms with Crippen LogP contribution in [0.2, 0.25) is 0 Å². The highest BCUT2D eigenvalue weighted by Crippen LogP contribution is 2.21. The Labute approximate surface area is 72.8 Å². The fourth-order valence-electron chi connectivity index (χ4n) is 1.41. The number of benzene rings is 1. The van der Waals surface area contributed by atoms with Gasteiger partial charge >= 0.3 is 0 Å². The second-order valence-electron chi connectivity index (χ2n) is 3.09. The minimum absolute atomic E-state index is 0.488. The Bertz CT molecular complexity index is 390. The molecule has 0 unspecified atom stereocenters. The Balaban J connectivity index is 2.93. The summed E-state index contributed by atoms with van der Waals surface area (Å²) >= 11 is 0. The van der Waals surface area contributed by atoms with Gasteiger partial charge in [0.1, 0.15) is 5.58 Å². The number of hydrogen-bond acceptors (Lipinski definition) is 1. The summed E-state index contributed by atoms with van der Waals surface area (Å²) in [6.07, 6.45) is 0. The van der Waals surface area contributed by atoms with Crippen molar-refractivity contribution in [3.63, 3.8) is 0 Å². The second-order valence-corrected chi connectivity index (χ2v) is 3.09. The summed E-state index contributed by atoms with van der Waals surface area (Å²) in [5.74, 6) is 0. The molecular formula is C10H9BO. The van der Waals surface area contributed by atoms with Crippen LogP contribution in [-0.4, -0.2) is 7.85 Å². The zero-order valence-electron chi connectivity index (χ0n) is 7.22. The van der Waals surface area contributed by atoms with E-state index in [-0.39, 0.29) is 0 Å². The van der Waals surface area contributed by atoms with Crippen molar-refractivity contribution >= 4 is 24.5 Å². The van der Waals surface area contributed by atoms with E-state index in [1.54, 1.807) is 0 Å². The third kappa shape index (κ3) is 0.952. The van der Waals surface area contributed by atoms with Crippen LogP contribution in [0.3, 0.4) is 0 Å². The lowest BCUT2D eigenvalue weighted by molar-refractivity contribution is 0.650. The maximum Gasteiger partial charge on any atom is 0.167 e. The van der Waals surface area contributed by atoms with Crippen molar-refractivity contribution in [2.24, 2.45) is 0 Å². The molecule has 0 N–H and O–H groups in total. The number of hydrogen-bond donors (Lipinski definition) is 0. The molecule has 0 atom stereocenters.